The van der Waals surface area contributed by atoms with Crippen LogP contribution in [-0.4, -0.2) is 27.9 Å². The van der Waals surface area contributed by atoms with Gasteiger partial charge in [-0.05, 0) is 32.4 Å². The number of esters is 1. The van der Waals surface area contributed by atoms with Crippen molar-refractivity contribution in [2.45, 2.75) is 27.4 Å². The average molecular weight is 260 g/mol. The molecule has 100 valence electrons. The molecular weight excluding hydrogens is 244 g/mol. The van der Waals surface area contributed by atoms with Crippen LogP contribution in [0.1, 0.15) is 34.2 Å². The van der Waals surface area contributed by atoms with E-state index in [4.69, 9.17) is 4.74 Å². The topological polar surface area (TPSA) is 72.3 Å². The maximum absolute atomic E-state index is 11.9. The molecule has 2 aromatic rings. The molecule has 5 nitrogen and oxygen atoms in total. The lowest BCUT2D eigenvalue weighted by Gasteiger charge is -2.10. The molecule has 2 rings (SSSR count). The van der Waals surface area contributed by atoms with Gasteiger partial charge in [-0.3, -0.25) is 0 Å². The molecule has 0 fully saturated rings. The summed E-state index contributed by atoms with van der Waals surface area (Å²) >= 11 is 0. The summed E-state index contributed by atoms with van der Waals surface area (Å²) in [6, 6.07) is 3.86. The number of carbonyl (C=O) groups is 1. The number of nitrogens with zero attached hydrogens (tertiary/aromatic N) is 2. The maximum atomic E-state index is 11.9. The van der Waals surface area contributed by atoms with Crippen molar-refractivity contribution in [2.24, 2.45) is 0 Å². The first-order valence-corrected chi connectivity index (χ1v) is 6.13. The molecule has 1 N–H and O–H groups in total. The van der Waals surface area contributed by atoms with Crippen LogP contribution >= 0.6 is 0 Å². The summed E-state index contributed by atoms with van der Waals surface area (Å²) in [5.74, 6) is -0.489. The van der Waals surface area contributed by atoms with Crippen molar-refractivity contribution in [1.29, 1.82) is 0 Å². The van der Waals surface area contributed by atoms with Crippen LogP contribution in [0.15, 0.2) is 12.1 Å². The molecule has 19 heavy (non-hydrogen) atoms. The van der Waals surface area contributed by atoms with E-state index >= 15 is 0 Å². The summed E-state index contributed by atoms with van der Waals surface area (Å²) in [5, 5.41) is 18.6. The van der Waals surface area contributed by atoms with E-state index in [2.05, 4.69) is 10.2 Å². The summed E-state index contributed by atoms with van der Waals surface area (Å²) in [6.45, 7) is 5.68. The van der Waals surface area contributed by atoms with Crippen LogP contribution in [0.25, 0.3) is 10.8 Å². The summed E-state index contributed by atoms with van der Waals surface area (Å²) in [7, 11) is 0. The molecule has 0 radical (unpaired) electrons. The van der Waals surface area contributed by atoms with Gasteiger partial charge in [-0.15, -0.1) is 5.10 Å². The van der Waals surface area contributed by atoms with Crippen molar-refractivity contribution in [3.63, 3.8) is 0 Å². The number of ether oxygens (including phenoxy) is 1. The van der Waals surface area contributed by atoms with Crippen LogP contribution in [0, 0.1) is 13.8 Å². The Labute approximate surface area is 111 Å². The predicted octanol–water partition coefficient (Wildman–Crippen LogP) is 1.92. The second-order valence-corrected chi connectivity index (χ2v) is 4.38. The third-order valence-corrected chi connectivity index (χ3v) is 2.92. The molecule has 0 aliphatic carbocycles. The number of carbonyl (C=O) groups excluding carboxylic acids is 1. The molecule has 0 saturated carbocycles. The van der Waals surface area contributed by atoms with Gasteiger partial charge in [0.1, 0.15) is 0 Å². The van der Waals surface area contributed by atoms with Crippen LogP contribution in [-0.2, 0) is 11.3 Å². The maximum Gasteiger partial charge on any atom is 0.359 e. The zero-order valence-corrected chi connectivity index (χ0v) is 11.2. The number of hydrogen-bond donors (Lipinski definition) is 1. The lowest BCUT2D eigenvalue weighted by molar-refractivity contribution is 0.0520. The van der Waals surface area contributed by atoms with Crippen molar-refractivity contribution >= 4 is 16.7 Å². The Kier molecular flexibility index (Phi) is 3.76. The molecule has 0 aliphatic heterocycles. The van der Waals surface area contributed by atoms with Crippen molar-refractivity contribution in [2.75, 3.05) is 6.61 Å². The lowest BCUT2D eigenvalue weighted by atomic mass is 10.0. The Bertz CT molecular complexity index is 638. The monoisotopic (exact) mass is 260 g/mol. The van der Waals surface area contributed by atoms with Gasteiger partial charge in [-0.1, -0.05) is 11.6 Å². The van der Waals surface area contributed by atoms with Crippen LogP contribution < -0.4 is 0 Å². The van der Waals surface area contributed by atoms with E-state index in [1.54, 1.807) is 6.92 Å². The van der Waals surface area contributed by atoms with Gasteiger partial charge in [0.25, 0.3) is 0 Å². The number of aryl methyl sites for hydroxylation is 2. The van der Waals surface area contributed by atoms with Gasteiger partial charge in [0.15, 0.2) is 5.69 Å². The standard InChI is InChI=1S/C14H16N2O3/c1-4-19-14(18)13-12-9(3)5-8(2)6-10(12)11(7-17)15-16-13/h5-6,17H,4,7H2,1-3H3. The van der Waals surface area contributed by atoms with Crippen LogP contribution in [0.2, 0.25) is 0 Å². The minimum absolute atomic E-state index is 0.201. The zero-order chi connectivity index (χ0) is 14.0. The first-order valence-electron chi connectivity index (χ1n) is 6.13. The number of rotatable bonds is 3. The van der Waals surface area contributed by atoms with Crippen molar-refractivity contribution < 1.29 is 14.6 Å². The Morgan fingerprint density at radius 3 is 2.68 bits per heavy atom. The Morgan fingerprint density at radius 1 is 1.32 bits per heavy atom. The molecule has 0 unspecified atom stereocenters. The third kappa shape index (κ3) is 2.42. The SMILES string of the molecule is CCOC(=O)c1nnc(CO)c2cc(C)cc(C)c12. The van der Waals surface area contributed by atoms with Gasteiger partial charge in [-0.2, -0.15) is 5.10 Å². The molecule has 0 spiro atoms. The van der Waals surface area contributed by atoms with E-state index in [1.807, 2.05) is 26.0 Å². The third-order valence-electron chi connectivity index (χ3n) is 2.92. The Balaban J connectivity index is 2.77. The largest absolute Gasteiger partial charge is 0.461 e. The van der Waals surface area contributed by atoms with Crippen LogP contribution in [0.4, 0.5) is 0 Å². The average Bonchev–Trinajstić information content (AvgIpc) is 2.37. The van der Waals surface area contributed by atoms with Crippen molar-refractivity contribution in [3.05, 3.63) is 34.6 Å². The van der Waals surface area contributed by atoms with Crippen LogP contribution in [0.3, 0.4) is 0 Å². The highest BCUT2D eigenvalue weighted by Crippen LogP contribution is 2.25. The van der Waals surface area contributed by atoms with E-state index in [-0.39, 0.29) is 18.9 Å². The number of fused-ring (bicyclic) bond motifs is 1. The number of benzene rings is 1. The molecule has 0 amide bonds. The minimum Gasteiger partial charge on any atom is -0.461 e. The normalized spacial score (nSPS) is 10.7. The first kappa shape index (κ1) is 13.4. The molecule has 1 aromatic heterocycles. The Hall–Kier alpha value is -2.01. The minimum atomic E-state index is -0.489. The van der Waals surface area contributed by atoms with Gasteiger partial charge in [0.2, 0.25) is 0 Å². The number of aromatic nitrogens is 2. The van der Waals surface area contributed by atoms with Crippen molar-refractivity contribution in [1.82, 2.24) is 10.2 Å². The fourth-order valence-electron chi connectivity index (χ4n) is 2.18. The smallest absolute Gasteiger partial charge is 0.359 e. The molecular formula is C14H16N2O3. The summed E-state index contributed by atoms with van der Waals surface area (Å²) in [4.78, 5) is 11.9. The first-order chi connectivity index (χ1) is 9.08. The van der Waals surface area contributed by atoms with E-state index in [1.165, 1.54) is 0 Å². The molecule has 0 bridgehead atoms. The van der Waals surface area contributed by atoms with Gasteiger partial charge in [0, 0.05) is 10.8 Å². The van der Waals surface area contributed by atoms with Gasteiger partial charge < -0.3 is 9.84 Å². The van der Waals surface area contributed by atoms with Gasteiger partial charge in [-0.25, -0.2) is 4.79 Å². The summed E-state index contributed by atoms with van der Waals surface area (Å²) in [6.07, 6.45) is 0. The molecule has 0 atom stereocenters. The number of aliphatic hydroxyl groups is 1. The number of aliphatic hydroxyl groups excluding tert-OH is 1. The quantitative estimate of drug-likeness (QED) is 0.853. The highest BCUT2D eigenvalue weighted by Gasteiger charge is 2.18. The Morgan fingerprint density at radius 2 is 2.05 bits per heavy atom. The fraction of sp³-hybridized carbons (Fsp3) is 0.357. The van der Waals surface area contributed by atoms with Crippen LogP contribution in [0.5, 0.6) is 0 Å². The highest BCUT2D eigenvalue weighted by molar-refractivity contribution is 6.04. The van der Waals surface area contributed by atoms with E-state index in [0.717, 1.165) is 16.5 Å². The zero-order valence-electron chi connectivity index (χ0n) is 11.2. The molecule has 1 heterocycles. The molecule has 5 heteroatoms. The lowest BCUT2D eigenvalue weighted by Crippen LogP contribution is -2.11. The summed E-state index contributed by atoms with van der Waals surface area (Å²) in [5.41, 5.74) is 2.63. The molecule has 0 saturated heterocycles. The fourth-order valence-corrected chi connectivity index (χ4v) is 2.18. The second kappa shape index (κ2) is 5.32. The second-order valence-electron chi connectivity index (χ2n) is 4.38. The molecule has 0 aliphatic rings. The molecule has 1 aromatic carbocycles. The highest BCUT2D eigenvalue weighted by atomic mass is 16.5. The van der Waals surface area contributed by atoms with E-state index in [0.29, 0.717) is 11.1 Å². The van der Waals surface area contributed by atoms with Crippen molar-refractivity contribution in [3.8, 4) is 0 Å². The van der Waals surface area contributed by atoms with E-state index < -0.39 is 5.97 Å². The summed E-state index contributed by atoms with van der Waals surface area (Å²) < 4.78 is 4.99. The van der Waals surface area contributed by atoms with Gasteiger partial charge in [0.05, 0.1) is 18.9 Å². The van der Waals surface area contributed by atoms with E-state index in [9.17, 15) is 9.90 Å². The predicted molar refractivity (Wildman–Crippen MR) is 70.9 cm³/mol. The number of hydrogen-bond acceptors (Lipinski definition) is 5. The van der Waals surface area contributed by atoms with Gasteiger partial charge >= 0.3 is 5.97 Å².